The molecule has 1 unspecified atom stereocenters. The molecule has 1 atom stereocenters. The molecule has 0 radical (unpaired) electrons. The van der Waals surface area contributed by atoms with Gasteiger partial charge in [-0.2, -0.15) is 0 Å². The van der Waals surface area contributed by atoms with E-state index in [2.05, 4.69) is 303 Å². The maximum atomic E-state index is 4.01. The number of anilines is 3. The van der Waals surface area contributed by atoms with Crippen molar-refractivity contribution in [2.75, 3.05) is 4.90 Å². The van der Waals surface area contributed by atoms with Crippen molar-refractivity contribution in [3.8, 4) is 72.4 Å². The van der Waals surface area contributed by atoms with Crippen LogP contribution in [0.1, 0.15) is 52.8 Å². The third-order valence-corrected chi connectivity index (χ3v) is 18.0. The van der Waals surface area contributed by atoms with E-state index in [0.29, 0.717) is 0 Å². The Morgan fingerprint density at radius 3 is 1.35 bits per heavy atom. The highest BCUT2D eigenvalue weighted by molar-refractivity contribution is 6.10. The molecule has 0 fully saturated rings. The maximum Gasteiger partial charge on any atom is 0.0725 e. The van der Waals surface area contributed by atoms with Crippen LogP contribution in [-0.2, 0) is 10.8 Å². The quantitative estimate of drug-likeness (QED) is 0.147. The van der Waals surface area contributed by atoms with Gasteiger partial charge >= 0.3 is 0 Å². The van der Waals surface area contributed by atoms with E-state index in [1.807, 2.05) is 6.08 Å². The topological polar surface area (TPSA) is 8.17 Å². The lowest BCUT2D eigenvalue weighted by molar-refractivity contribution is 0.660. The summed E-state index contributed by atoms with van der Waals surface area (Å²) >= 11 is 0. The van der Waals surface area contributed by atoms with E-state index in [4.69, 9.17) is 0 Å². The summed E-state index contributed by atoms with van der Waals surface area (Å²) in [6.45, 7) is 8.74. The number of rotatable bonds is 8. The van der Waals surface area contributed by atoms with Crippen LogP contribution < -0.4 is 4.90 Å². The first-order chi connectivity index (χ1) is 39.4. The molecule has 1 aromatic heterocycles. The fraction of sp³-hybridized carbons (Fsp3) is 0.0513. The van der Waals surface area contributed by atoms with Crippen molar-refractivity contribution in [3.63, 3.8) is 0 Å². The first kappa shape index (κ1) is 46.1. The minimum atomic E-state index is -0.484. The summed E-state index contributed by atoms with van der Waals surface area (Å²) in [5.74, 6) is 0. The van der Waals surface area contributed by atoms with Crippen molar-refractivity contribution >= 4 is 44.9 Å². The Kier molecular flexibility index (Phi) is 10.1. The van der Waals surface area contributed by atoms with Crippen LogP contribution in [0.15, 0.2) is 280 Å². The van der Waals surface area contributed by atoms with Crippen molar-refractivity contribution in [3.05, 3.63) is 319 Å². The lowest BCUT2D eigenvalue weighted by Gasteiger charge is -2.31. The van der Waals surface area contributed by atoms with Crippen molar-refractivity contribution in [2.24, 2.45) is 0 Å². The zero-order valence-corrected chi connectivity index (χ0v) is 44.7. The van der Waals surface area contributed by atoms with Crippen molar-refractivity contribution < 1.29 is 0 Å². The van der Waals surface area contributed by atoms with Crippen molar-refractivity contribution in [1.82, 2.24) is 4.57 Å². The second-order valence-electron chi connectivity index (χ2n) is 22.4. The van der Waals surface area contributed by atoms with Gasteiger partial charge in [0.1, 0.15) is 0 Å². The molecule has 1 spiro atoms. The highest BCUT2D eigenvalue weighted by atomic mass is 15.1. The molecule has 0 N–H and O–H groups in total. The number of aromatic nitrogens is 1. The van der Waals surface area contributed by atoms with Gasteiger partial charge in [0.2, 0.25) is 0 Å². The molecule has 3 aliphatic carbocycles. The number of nitrogens with zero attached hydrogens (tertiary/aromatic N) is 2. The minimum Gasteiger partial charge on any atom is -0.310 e. The molecule has 376 valence electrons. The van der Waals surface area contributed by atoms with Gasteiger partial charge in [0.15, 0.2) is 0 Å². The SMILES string of the molecule is C=Cc1ccc(-c2ccc3c(c2)C2(c4ccccc4-3)c3ccccc3-c3ccc(-c4ccc(N(c5ccc(-c6ccc7c(c6)c6ccccc6n7-c6ccccc6)cc5)c5ccc6c(c5)C(C)(C)c5ccccc5-6)cc4)cc32)cc1. The van der Waals surface area contributed by atoms with Crippen molar-refractivity contribution in [2.45, 2.75) is 24.7 Å². The van der Waals surface area contributed by atoms with Crippen LogP contribution >= 0.6 is 0 Å². The Labute approximate surface area is 467 Å². The smallest absolute Gasteiger partial charge is 0.0725 e. The maximum absolute atomic E-state index is 4.01. The molecule has 0 saturated carbocycles. The summed E-state index contributed by atoms with van der Waals surface area (Å²) < 4.78 is 2.38. The van der Waals surface area contributed by atoms with Crippen LogP contribution in [0.2, 0.25) is 0 Å². The van der Waals surface area contributed by atoms with Gasteiger partial charge < -0.3 is 9.47 Å². The van der Waals surface area contributed by atoms with Gasteiger partial charge in [0.25, 0.3) is 0 Å². The summed E-state index contributed by atoms with van der Waals surface area (Å²) in [7, 11) is 0. The third-order valence-electron chi connectivity index (χ3n) is 18.0. The molecule has 0 saturated heterocycles. The number of hydrogen-bond donors (Lipinski definition) is 0. The largest absolute Gasteiger partial charge is 0.310 e. The number of benzene rings is 12. The van der Waals surface area contributed by atoms with E-state index in [1.54, 1.807) is 0 Å². The number of fused-ring (bicyclic) bond motifs is 16. The summed E-state index contributed by atoms with van der Waals surface area (Å²) in [5.41, 5.74) is 30.4. The fourth-order valence-corrected chi connectivity index (χ4v) is 14.2. The van der Waals surface area contributed by atoms with Crippen LogP contribution in [0, 0.1) is 0 Å². The summed E-state index contributed by atoms with van der Waals surface area (Å²) in [4.78, 5) is 2.44. The predicted molar refractivity (Wildman–Crippen MR) is 336 cm³/mol. The van der Waals surface area contributed by atoms with E-state index in [0.717, 1.165) is 28.3 Å². The average Bonchev–Trinajstić information content (AvgIpc) is 3.87. The first-order valence-corrected chi connectivity index (χ1v) is 27.9. The van der Waals surface area contributed by atoms with Gasteiger partial charge in [-0.05, 0) is 185 Å². The van der Waals surface area contributed by atoms with E-state index in [1.165, 1.54) is 122 Å². The van der Waals surface area contributed by atoms with Gasteiger partial charge in [-0.15, -0.1) is 0 Å². The van der Waals surface area contributed by atoms with Crippen LogP contribution in [0.3, 0.4) is 0 Å². The van der Waals surface area contributed by atoms with Gasteiger partial charge in [-0.3, -0.25) is 0 Å². The second-order valence-corrected chi connectivity index (χ2v) is 22.4. The molecule has 2 heteroatoms. The van der Waals surface area contributed by atoms with Crippen LogP contribution in [0.25, 0.3) is 100 Å². The zero-order chi connectivity index (χ0) is 53.3. The Morgan fingerprint density at radius 2 is 0.750 bits per heavy atom. The molecule has 1 heterocycles. The Bertz CT molecular complexity index is 4660. The van der Waals surface area contributed by atoms with Crippen LogP contribution in [-0.4, -0.2) is 4.57 Å². The highest BCUT2D eigenvalue weighted by Gasteiger charge is 2.52. The molecule has 12 aromatic carbocycles. The van der Waals surface area contributed by atoms with Crippen LogP contribution in [0.5, 0.6) is 0 Å². The summed E-state index contributed by atoms with van der Waals surface area (Å²) in [6.07, 6.45) is 1.91. The minimum absolute atomic E-state index is 0.146. The van der Waals surface area contributed by atoms with Gasteiger partial charge in [0, 0.05) is 38.9 Å². The molecule has 16 rings (SSSR count). The Balaban J connectivity index is 0.808. The lowest BCUT2D eigenvalue weighted by Crippen LogP contribution is -2.26. The van der Waals surface area contributed by atoms with E-state index >= 15 is 0 Å². The molecule has 0 aliphatic heterocycles. The van der Waals surface area contributed by atoms with E-state index < -0.39 is 5.41 Å². The standard InChI is InChI=1S/C78H54N2/c1-4-50-26-28-51(29-27-50)55-34-42-65-62-19-9-13-23-70(62)78(73(65)47-55)71-24-14-10-20-63(71)66-43-35-56(48-74(66)78)53-32-39-59(40-33-53)79(60-41-44-64-61-18-8-12-22-69(61)77(2,3)72(64)49-60)58-37-30-52(31-38-58)54-36-45-76-68(46-54)67-21-11-15-25-75(67)80(76)57-16-6-5-7-17-57/h4-49H,1H2,2-3H3. The summed E-state index contributed by atoms with van der Waals surface area (Å²) in [5, 5.41) is 2.50. The molecule has 80 heavy (non-hydrogen) atoms. The normalized spacial score (nSPS) is 14.8. The average molecular weight is 1020 g/mol. The lowest BCUT2D eigenvalue weighted by atomic mass is 9.70. The first-order valence-electron chi connectivity index (χ1n) is 27.9. The Morgan fingerprint density at radius 1 is 0.325 bits per heavy atom. The molecule has 2 nitrogen and oxygen atoms in total. The number of para-hydroxylation sites is 2. The predicted octanol–water partition coefficient (Wildman–Crippen LogP) is 20.5. The molecule has 0 bridgehead atoms. The van der Waals surface area contributed by atoms with Crippen LogP contribution in [0.4, 0.5) is 17.1 Å². The van der Waals surface area contributed by atoms with Gasteiger partial charge in [-0.1, -0.05) is 221 Å². The van der Waals surface area contributed by atoms with E-state index in [9.17, 15) is 0 Å². The molecule has 3 aliphatic rings. The van der Waals surface area contributed by atoms with Gasteiger partial charge in [0.05, 0.1) is 16.4 Å². The molecule has 13 aromatic rings. The fourth-order valence-electron chi connectivity index (χ4n) is 14.2. The van der Waals surface area contributed by atoms with Gasteiger partial charge in [-0.25, -0.2) is 0 Å². The zero-order valence-electron chi connectivity index (χ0n) is 44.7. The Hall–Kier alpha value is -10.0. The summed E-state index contributed by atoms with van der Waals surface area (Å²) in [6, 6.07) is 102. The molecular weight excluding hydrogens is 965 g/mol. The third kappa shape index (κ3) is 6.66. The highest BCUT2D eigenvalue weighted by Crippen LogP contribution is 2.63. The monoisotopic (exact) mass is 1020 g/mol. The second kappa shape index (κ2) is 17.5. The van der Waals surface area contributed by atoms with E-state index in [-0.39, 0.29) is 5.41 Å². The molecule has 0 amide bonds. The van der Waals surface area contributed by atoms with Crippen molar-refractivity contribution in [1.29, 1.82) is 0 Å². The molecular formula is C78H54N2. The number of hydrogen-bond acceptors (Lipinski definition) is 1.